The topological polar surface area (TPSA) is 247 Å². The minimum Gasteiger partial charge on any atom is -0.382 e. The fourth-order valence-corrected chi connectivity index (χ4v) is 5.55. The summed E-state index contributed by atoms with van der Waals surface area (Å²) >= 11 is 0. The molecule has 2 atom stereocenters. The van der Waals surface area contributed by atoms with Crippen molar-refractivity contribution in [2.45, 2.75) is 12.2 Å². The van der Waals surface area contributed by atoms with E-state index in [-0.39, 0.29) is 56.3 Å². The van der Waals surface area contributed by atoms with Crippen LogP contribution in [0.4, 0.5) is 22.7 Å². The first-order valence-corrected chi connectivity index (χ1v) is 16.5. The van der Waals surface area contributed by atoms with Crippen LogP contribution in [-0.4, -0.2) is 51.4 Å². The second-order valence-corrected chi connectivity index (χ2v) is 12.0. The van der Waals surface area contributed by atoms with Crippen LogP contribution >= 0.6 is 0 Å². The zero-order valence-electron chi connectivity index (χ0n) is 28.3. The highest BCUT2D eigenvalue weighted by Crippen LogP contribution is 2.26. The standard InChI is InChI=1S/C38H28N10O7/c49-36(33(45-43-24-7-3-1-4-8-24)32-21-39-30-19-26(47(52)53)15-17-28(30)40-32)22-11-13-23(14-12-22)37(50)34(46-44-25-9-5-2-6-10-25)35-38(51)42-31-20-27(48(54)55)16-18-29(31)41-35/h1-21,36-37,43-44,49-50H,(H,42,51)/b45-33?,46-34+. The molecule has 272 valence electrons. The number of hydrazone groups is 2. The summed E-state index contributed by atoms with van der Waals surface area (Å²) in [5.41, 5.74) is 7.30. The number of hydrogen-bond acceptors (Lipinski definition) is 14. The number of nitrogens with one attached hydrogen (secondary N) is 3. The van der Waals surface area contributed by atoms with E-state index in [0.29, 0.717) is 22.5 Å². The van der Waals surface area contributed by atoms with Gasteiger partial charge in [0, 0.05) is 24.3 Å². The highest BCUT2D eigenvalue weighted by molar-refractivity contribution is 6.05. The largest absolute Gasteiger partial charge is 0.382 e. The van der Waals surface area contributed by atoms with Gasteiger partial charge in [0.15, 0.2) is 5.69 Å². The molecule has 17 heteroatoms. The highest BCUT2D eigenvalue weighted by atomic mass is 16.6. The summed E-state index contributed by atoms with van der Waals surface area (Å²) in [5, 5.41) is 54.8. The molecule has 7 rings (SSSR count). The van der Waals surface area contributed by atoms with Gasteiger partial charge < -0.3 is 15.2 Å². The molecule has 7 aromatic rings. The molecule has 0 radical (unpaired) electrons. The maximum Gasteiger partial charge on any atom is 0.276 e. The molecule has 0 bridgehead atoms. The molecule has 17 nitrogen and oxygen atoms in total. The lowest BCUT2D eigenvalue weighted by Gasteiger charge is -2.17. The smallest absolute Gasteiger partial charge is 0.276 e. The van der Waals surface area contributed by atoms with E-state index < -0.39 is 27.6 Å². The lowest BCUT2D eigenvalue weighted by molar-refractivity contribution is -0.384. The summed E-state index contributed by atoms with van der Waals surface area (Å²) in [5.74, 6) is 0. The van der Waals surface area contributed by atoms with Gasteiger partial charge >= 0.3 is 0 Å². The number of aromatic amines is 1. The van der Waals surface area contributed by atoms with Gasteiger partial charge in [0.05, 0.1) is 49.5 Å². The number of non-ortho nitro benzene ring substituents is 2. The van der Waals surface area contributed by atoms with Crippen molar-refractivity contribution in [2.75, 3.05) is 10.9 Å². The molecule has 0 aliphatic rings. The summed E-state index contributed by atoms with van der Waals surface area (Å²) in [6, 6.07) is 31.9. The quantitative estimate of drug-likeness (QED) is 0.0569. The molecule has 0 spiro atoms. The van der Waals surface area contributed by atoms with E-state index in [0.717, 1.165) is 0 Å². The van der Waals surface area contributed by atoms with Crippen LogP contribution in [0.2, 0.25) is 0 Å². The average Bonchev–Trinajstić information content (AvgIpc) is 3.21. The second-order valence-electron chi connectivity index (χ2n) is 12.0. The molecular weight excluding hydrogens is 708 g/mol. The summed E-state index contributed by atoms with van der Waals surface area (Å²) in [6.07, 6.45) is -1.54. The number of rotatable bonds is 12. The van der Waals surface area contributed by atoms with Crippen molar-refractivity contribution >= 4 is 56.2 Å². The third kappa shape index (κ3) is 7.87. The SMILES string of the molecule is O=c1[nH]c2cc([N+](=O)[O-])ccc2nc1/C(=N\Nc1ccccc1)C(O)c1ccc(C(O)C(=NNc2ccccc2)c2cnc3cc([N+](=O)[O-])ccc3n2)cc1. The Morgan fingerprint density at radius 1 is 0.655 bits per heavy atom. The van der Waals surface area contributed by atoms with Gasteiger partial charge in [-0.2, -0.15) is 10.2 Å². The molecule has 2 heterocycles. The Morgan fingerprint density at radius 3 is 1.76 bits per heavy atom. The molecule has 0 fully saturated rings. The van der Waals surface area contributed by atoms with Crippen LogP contribution in [0.5, 0.6) is 0 Å². The maximum atomic E-state index is 13.3. The van der Waals surface area contributed by atoms with Gasteiger partial charge in [-0.15, -0.1) is 0 Å². The highest BCUT2D eigenvalue weighted by Gasteiger charge is 2.25. The van der Waals surface area contributed by atoms with Crippen LogP contribution in [0.15, 0.2) is 143 Å². The first kappa shape index (κ1) is 35.6. The normalized spacial score (nSPS) is 13.0. The number of nitrogens with zero attached hydrogens (tertiary/aromatic N) is 7. The zero-order valence-corrected chi connectivity index (χ0v) is 28.3. The molecule has 2 aromatic heterocycles. The number of H-pyrrole nitrogens is 1. The van der Waals surface area contributed by atoms with Crippen molar-refractivity contribution in [1.82, 2.24) is 19.9 Å². The van der Waals surface area contributed by atoms with Gasteiger partial charge in [0.25, 0.3) is 16.9 Å². The van der Waals surface area contributed by atoms with E-state index in [1.165, 1.54) is 54.7 Å². The number of para-hydroxylation sites is 2. The van der Waals surface area contributed by atoms with Gasteiger partial charge in [0.1, 0.15) is 29.3 Å². The van der Waals surface area contributed by atoms with E-state index in [9.17, 15) is 35.2 Å². The van der Waals surface area contributed by atoms with Gasteiger partial charge in [-0.25, -0.2) is 9.97 Å². The molecule has 0 saturated heterocycles. The number of nitro groups is 2. The minimum absolute atomic E-state index is 0.0753. The Bertz CT molecular complexity index is 2670. The Kier molecular flexibility index (Phi) is 10.0. The van der Waals surface area contributed by atoms with Crippen LogP contribution < -0.4 is 16.4 Å². The van der Waals surface area contributed by atoms with Gasteiger partial charge in [-0.1, -0.05) is 60.7 Å². The molecule has 55 heavy (non-hydrogen) atoms. The van der Waals surface area contributed by atoms with Gasteiger partial charge in [-0.3, -0.25) is 40.9 Å². The van der Waals surface area contributed by atoms with Crippen molar-refractivity contribution in [3.05, 3.63) is 181 Å². The van der Waals surface area contributed by atoms with Crippen LogP contribution in [0.25, 0.3) is 22.1 Å². The zero-order chi connectivity index (χ0) is 38.5. The number of aliphatic hydroxyl groups excluding tert-OH is 2. The molecule has 2 unspecified atom stereocenters. The first-order chi connectivity index (χ1) is 26.6. The summed E-state index contributed by atoms with van der Waals surface area (Å²) in [4.78, 5) is 50.7. The molecule has 5 N–H and O–H groups in total. The summed E-state index contributed by atoms with van der Waals surface area (Å²) in [7, 11) is 0. The van der Waals surface area contributed by atoms with Crippen molar-refractivity contribution in [3.63, 3.8) is 0 Å². The molecule has 0 aliphatic heterocycles. The number of nitro benzene ring substituents is 2. The Hall–Kier alpha value is -7.76. The Balaban J connectivity index is 1.23. The van der Waals surface area contributed by atoms with E-state index in [1.54, 1.807) is 60.7 Å². The molecule has 0 saturated carbocycles. The van der Waals surface area contributed by atoms with Crippen LogP contribution in [0.3, 0.4) is 0 Å². The third-order valence-corrected chi connectivity index (χ3v) is 8.37. The number of fused-ring (bicyclic) bond motifs is 2. The number of hydrogen-bond donors (Lipinski definition) is 5. The van der Waals surface area contributed by atoms with Gasteiger partial charge in [-0.05, 0) is 47.5 Å². The number of benzene rings is 5. The van der Waals surface area contributed by atoms with Crippen molar-refractivity contribution in [2.24, 2.45) is 10.2 Å². The van der Waals surface area contributed by atoms with Crippen LogP contribution in [0, 0.1) is 20.2 Å². The van der Waals surface area contributed by atoms with E-state index in [4.69, 9.17) is 0 Å². The van der Waals surface area contributed by atoms with Crippen molar-refractivity contribution < 1.29 is 20.1 Å². The lowest BCUT2D eigenvalue weighted by Crippen LogP contribution is -2.26. The van der Waals surface area contributed by atoms with E-state index in [2.05, 4.69) is 41.0 Å². The average molecular weight is 737 g/mol. The fourth-order valence-electron chi connectivity index (χ4n) is 5.55. The lowest BCUT2D eigenvalue weighted by atomic mass is 9.97. The van der Waals surface area contributed by atoms with Crippen molar-refractivity contribution in [3.8, 4) is 0 Å². The third-order valence-electron chi connectivity index (χ3n) is 8.37. The summed E-state index contributed by atoms with van der Waals surface area (Å²) < 4.78 is 0. The molecule has 0 aliphatic carbocycles. The molecule has 0 amide bonds. The number of aromatic nitrogens is 4. The Morgan fingerprint density at radius 2 is 1.18 bits per heavy atom. The van der Waals surface area contributed by atoms with Gasteiger partial charge in [0.2, 0.25) is 0 Å². The Labute approximate surface area is 309 Å². The summed E-state index contributed by atoms with van der Waals surface area (Å²) in [6.45, 7) is 0. The molecular formula is C38H28N10O7. The predicted molar refractivity (Wildman–Crippen MR) is 205 cm³/mol. The van der Waals surface area contributed by atoms with E-state index in [1.807, 2.05) is 12.1 Å². The number of aliphatic hydroxyl groups is 2. The monoisotopic (exact) mass is 736 g/mol. The molecule has 5 aromatic carbocycles. The van der Waals surface area contributed by atoms with Crippen LogP contribution in [0.1, 0.15) is 34.7 Å². The second kappa shape index (κ2) is 15.5. The van der Waals surface area contributed by atoms with Crippen molar-refractivity contribution in [1.29, 1.82) is 0 Å². The first-order valence-electron chi connectivity index (χ1n) is 16.5. The van der Waals surface area contributed by atoms with E-state index >= 15 is 0 Å². The number of anilines is 2. The fraction of sp³-hybridized carbons (Fsp3) is 0.0526. The minimum atomic E-state index is -1.52. The van der Waals surface area contributed by atoms with Crippen LogP contribution in [-0.2, 0) is 0 Å². The predicted octanol–water partition coefficient (Wildman–Crippen LogP) is 5.78. The maximum absolute atomic E-state index is 13.3.